The van der Waals surface area contributed by atoms with E-state index in [0.29, 0.717) is 30.8 Å². The van der Waals surface area contributed by atoms with E-state index in [1.54, 1.807) is 0 Å². The maximum atomic E-state index is 13.2. The van der Waals surface area contributed by atoms with Crippen LogP contribution in [0.25, 0.3) is 0 Å². The first-order chi connectivity index (χ1) is 14.2. The molecule has 158 valence electrons. The molecule has 0 aromatic heterocycles. The van der Waals surface area contributed by atoms with E-state index in [1.807, 2.05) is 4.90 Å². The fourth-order valence-electron chi connectivity index (χ4n) is 5.52. The molecule has 29 heavy (non-hydrogen) atoms. The Morgan fingerprint density at radius 3 is 2.62 bits per heavy atom. The second-order valence-corrected chi connectivity index (χ2v) is 8.88. The van der Waals surface area contributed by atoms with Gasteiger partial charge >= 0.3 is 0 Å². The highest BCUT2D eigenvalue weighted by atomic mass is 16.2. The van der Waals surface area contributed by atoms with Crippen LogP contribution < -0.4 is 4.90 Å². The Hall–Kier alpha value is -2.04. The molecule has 1 unspecified atom stereocenters. The van der Waals surface area contributed by atoms with Crippen LogP contribution in [0.4, 0.5) is 5.69 Å². The van der Waals surface area contributed by atoms with Gasteiger partial charge in [-0.25, -0.2) is 0 Å². The van der Waals surface area contributed by atoms with Gasteiger partial charge in [-0.1, -0.05) is 37.5 Å². The Kier molecular flexibility index (Phi) is 6.41. The number of likely N-dealkylation sites (N-methyl/N-ethyl adjacent to an activating group) is 1. The summed E-state index contributed by atoms with van der Waals surface area (Å²) in [5.41, 5.74) is 2.55. The lowest BCUT2D eigenvalue weighted by Crippen LogP contribution is -2.46. The lowest BCUT2D eigenvalue weighted by atomic mass is 9.94. The van der Waals surface area contributed by atoms with Crippen LogP contribution >= 0.6 is 0 Å². The first-order valence-corrected chi connectivity index (χ1v) is 11.6. The highest BCUT2D eigenvalue weighted by Crippen LogP contribution is 2.38. The van der Waals surface area contributed by atoms with Crippen LogP contribution in [0.1, 0.15) is 69.8 Å². The monoisotopic (exact) mass is 397 g/mol. The lowest BCUT2D eigenvalue weighted by Gasteiger charge is -2.35. The molecular formula is C24H35N3O2. The minimum absolute atomic E-state index is 0.268. The topological polar surface area (TPSA) is 43.9 Å². The first-order valence-electron chi connectivity index (χ1n) is 11.6. The summed E-state index contributed by atoms with van der Waals surface area (Å²) in [6, 6.07) is 8.95. The fourth-order valence-corrected chi connectivity index (χ4v) is 5.52. The molecule has 1 aliphatic carbocycles. The molecule has 0 radical (unpaired) electrons. The van der Waals surface area contributed by atoms with E-state index in [-0.39, 0.29) is 5.91 Å². The number of rotatable bonds is 7. The molecule has 3 aliphatic rings. The van der Waals surface area contributed by atoms with E-state index in [4.69, 9.17) is 0 Å². The predicted octanol–water partition coefficient (Wildman–Crippen LogP) is 3.78. The van der Waals surface area contributed by atoms with Gasteiger partial charge in [0.1, 0.15) is 0 Å². The molecule has 1 atom stereocenters. The second kappa shape index (κ2) is 9.19. The minimum Gasteiger partial charge on any atom is -0.361 e. The zero-order valence-electron chi connectivity index (χ0n) is 17.8. The molecule has 0 N–H and O–H groups in total. The zero-order chi connectivity index (χ0) is 20.2. The van der Waals surface area contributed by atoms with Crippen molar-refractivity contribution in [2.24, 2.45) is 0 Å². The molecule has 2 aliphatic heterocycles. The van der Waals surface area contributed by atoms with Crippen LogP contribution in [0.2, 0.25) is 0 Å². The molecule has 1 aromatic carbocycles. The Morgan fingerprint density at radius 2 is 1.90 bits per heavy atom. The standard InChI is InChI=1S/C24H35N3O2/c1-2-27(20-9-4-3-5-10-20)24(29)18-26-17-19(21-11-6-7-12-22(21)26)14-16-25-15-8-13-23(25)28/h6-7,11-12,19-20H,2-5,8-10,13-18H2,1H3. The normalized spacial score (nSPS) is 22.2. The van der Waals surface area contributed by atoms with E-state index in [0.717, 1.165) is 51.9 Å². The highest BCUT2D eigenvalue weighted by Gasteiger charge is 2.32. The van der Waals surface area contributed by atoms with Crippen molar-refractivity contribution in [3.8, 4) is 0 Å². The van der Waals surface area contributed by atoms with Crippen molar-refractivity contribution in [2.45, 2.75) is 70.3 Å². The number of benzene rings is 1. The van der Waals surface area contributed by atoms with Gasteiger partial charge in [0.25, 0.3) is 0 Å². The van der Waals surface area contributed by atoms with Crippen LogP contribution in [0.15, 0.2) is 24.3 Å². The van der Waals surface area contributed by atoms with Crippen LogP contribution in [-0.4, -0.2) is 60.4 Å². The number of carbonyl (C=O) groups is 2. The number of amides is 2. The third kappa shape index (κ3) is 4.44. The smallest absolute Gasteiger partial charge is 0.242 e. The Bertz CT molecular complexity index is 729. The van der Waals surface area contributed by atoms with Crippen molar-refractivity contribution < 1.29 is 9.59 Å². The molecule has 1 saturated carbocycles. The third-order valence-corrected chi connectivity index (χ3v) is 7.08. The van der Waals surface area contributed by atoms with Crippen LogP contribution in [0.5, 0.6) is 0 Å². The molecule has 0 bridgehead atoms. The third-order valence-electron chi connectivity index (χ3n) is 7.08. The van der Waals surface area contributed by atoms with E-state index in [1.165, 1.54) is 30.5 Å². The first kappa shape index (κ1) is 20.2. The van der Waals surface area contributed by atoms with Crippen LogP contribution in [0.3, 0.4) is 0 Å². The maximum Gasteiger partial charge on any atom is 0.242 e. The second-order valence-electron chi connectivity index (χ2n) is 8.88. The fraction of sp³-hybridized carbons (Fsp3) is 0.667. The minimum atomic E-state index is 0.268. The number of hydrogen-bond acceptors (Lipinski definition) is 3. The molecule has 2 fully saturated rings. The number of carbonyl (C=O) groups excluding carboxylic acids is 2. The summed E-state index contributed by atoms with van der Waals surface area (Å²) >= 11 is 0. The zero-order valence-corrected chi connectivity index (χ0v) is 17.8. The van der Waals surface area contributed by atoms with Gasteiger partial charge in [-0.2, -0.15) is 0 Å². The van der Waals surface area contributed by atoms with Crippen LogP contribution in [0, 0.1) is 0 Å². The van der Waals surface area contributed by atoms with Crippen molar-refractivity contribution in [3.63, 3.8) is 0 Å². The highest BCUT2D eigenvalue weighted by molar-refractivity contribution is 5.83. The number of nitrogens with zero attached hydrogens (tertiary/aromatic N) is 3. The average Bonchev–Trinajstić information content (AvgIpc) is 3.31. The summed E-state index contributed by atoms with van der Waals surface area (Å²) in [5.74, 6) is 0.969. The average molecular weight is 398 g/mol. The van der Waals surface area contributed by atoms with Gasteiger partial charge in [0.2, 0.25) is 11.8 Å². The van der Waals surface area contributed by atoms with E-state index < -0.39 is 0 Å². The van der Waals surface area contributed by atoms with Crippen molar-refractivity contribution in [3.05, 3.63) is 29.8 Å². The van der Waals surface area contributed by atoms with Gasteiger partial charge < -0.3 is 14.7 Å². The van der Waals surface area contributed by atoms with Gasteiger partial charge in [-0.05, 0) is 44.2 Å². The molecule has 1 aromatic rings. The molecular weight excluding hydrogens is 362 g/mol. The van der Waals surface area contributed by atoms with Crippen LogP contribution in [-0.2, 0) is 9.59 Å². The molecule has 2 heterocycles. The van der Waals surface area contributed by atoms with Crippen molar-refractivity contribution in [1.29, 1.82) is 0 Å². The maximum absolute atomic E-state index is 13.2. The summed E-state index contributed by atoms with van der Waals surface area (Å²) in [6.07, 6.45) is 8.79. The number of fused-ring (bicyclic) bond motifs is 1. The SMILES string of the molecule is CCN(C(=O)CN1CC(CCN2CCCC2=O)c2ccccc21)C1CCCCC1. The molecule has 5 nitrogen and oxygen atoms in total. The molecule has 0 spiro atoms. The number of para-hydroxylation sites is 1. The van der Waals surface area contributed by atoms with Crippen molar-refractivity contribution >= 4 is 17.5 Å². The Labute approximate surface area is 175 Å². The number of anilines is 1. The van der Waals surface area contributed by atoms with Gasteiger partial charge in [0.15, 0.2) is 0 Å². The van der Waals surface area contributed by atoms with E-state index >= 15 is 0 Å². The van der Waals surface area contributed by atoms with E-state index in [9.17, 15) is 9.59 Å². The van der Waals surface area contributed by atoms with Gasteiger partial charge in [0, 0.05) is 50.2 Å². The summed E-state index contributed by atoms with van der Waals surface area (Å²) in [7, 11) is 0. The molecule has 1 saturated heterocycles. The number of hydrogen-bond donors (Lipinski definition) is 0. The largest absolute Gasteiger partial charge is 0.361 e. The summed E-state index contributed by atoms with van der Waals surface area (Å²) < 4.78 is 0. The summed E-state index contributed by atoms with van der Waals surface area (Å²) in [5, 5.41) is 0. The van der Waals surface area contributed by atoms with E-state index in [2.05, 4.69) is 41.0 Å². The number of likely N-dealkylation sites (tertiary alicyclic amines) is 1. The molecule has 4 rings (SSSR count). The van der Waals surface area contributed by atoms with Crippen molar-refractivity contribution in [1.82, 2.24) is 9.80 Å². The Morgan fingerprint density at radius 1 is 1.10 bits per heavy atom. The van der Waals surface area contributed by atoms with Gasteiger partial charge in [-0.15, -0.1) is 0 Å². The lowest BCUT2D eigenvalue weighted by molar-refractivity contribution is -0.132. The molecule has 5 heteroatoms. The van der Waals surface area contributed by atoms with Gasteiger partial charge in [-0.3, -0.25) is 9.59 Å². The van der Waals surface area contributed by atoms with Gasteiger partial charge in [0.05, 0.1) is 6.54 Å². The predicted molar refractivity (Wildman–Crippen MR) is 116 cm³/mol. The Balaban J connectivity index is 1.41. The quantitative estimate of drug-likeness (QED) is 0.703. The molecule has 2 amide bonds. The summed E-state index contributed by atoms with van der Waals surface area (Å²) in [4.78, 5) is 31.6. The summed E-state index contributed by atoms with van der Waals surface area (Å²) in [6.45, 7) is 6.01. The van der Waals surface area contributed by atoms with Crippen molar-refractivity contribution in [2.75, 3.05) is 37.6 Å².